The van der Waals surface area contributed by atoms with E-state index in [-0.39, 0.29) is 5.97 Å². The molecule has 0 aliphatic carbocycles. The number of cyclic esters (lactones) is 1. The molecule has 0 unspecified atom stereocenters. The van der Waals surface area contributed by atoms with Crippen molar-refractivity contribution in [2.24, 2.45) is 0 Å². The molecule has 3 rings (SSSR count). The van der Waals surface area contributed by atoms with Crippen molar-refractivity contribution in [3.8, 4) is 0 Å². The highest BCUT2D eigenvalue weighted by Crippen LogP contribution is 2.33. The number of carbonyl (C=O) groups excluding carboxylic acids is 1. The van der Waals surface area contributed by atoms with Gasteiger partial charge in [0.15, 0.2) is 0 Å². The first-order valence-electron chi connectivity index (χ1n) is 5.06. The number of hydrogen-bond donors (Lipinski definition) is 0. The van der Waals surface area contributed by atoms with Crippen LogP contribution in [0.25, 0.3) is 11.6 Å². The second-order valence-electron chi connectivity index (χ2n) is 3.48. The molecule has 0 saturated carbocycles. The van der Waals surface area contributed by atoms with Crippen molar-refractivity contribution in [3.63, 3.8) is 0 Å². The predicted octanol–water partition coefficient (Wildman–Crippen LogP) is 3.79. The summed E-state index contributed by atoms with van der Waals surface area (Å²) in [7, 11) is 0. The maximum Gasteiger partial charge on any atom is 0.336 e. The van der Waals surface area contributed by atoms with E-state index in [1.54, 1.807) is 28.7 Å². The van der Waals surface area contributed by atoms with E-state index in [1.165, 1.54) is 0 Å². The molecule has 84 valence electrons. The molecule has 2 nitrogen and oxygen atoms in total. The van der Waals surface area contributed by atoms with Crippen molar-refractivity contribution in [1.29, 1.82) is 0 Å². The highest BCUT2D eigenvalue weighted by atomic mass is 32.1. The summed E-state index contributed by atoms with van der Waals surface area (Å²) in [6.07, 6.45) is 3.45. The third-order valence-corrected chi connectivity index (χ3v) is 4.06. The Morgan fingerprint density at radius 3 is 2.65 bits per heavy atom. The molecule has 3 heterocycles. The molecule has 0 saturated heterocycles. The van der Waals surface area contributed by atoms with Gasteiger partial charge in [-0.05, 0) is 29.0 Å². The van der Waals surface area contributed by atoms with Crippen LogP contribution in [0.4, 0.5) is 0 Å². The van der Waals surface area contributed by atoms with Gasteiger partial charge in [-0.15, -0.1) is 22.7 Å². The normalized spacial score (nSPS) is 17.3. The van der Waals surface area contributed by atoms with Gasteiger partial charge in [-0.2, -0.15) is 0 Å². The zero-order valence-corrected chi connectivity index (χ0v) is 10.4. The first-order chi connectivity index (χ1) is 8.33. The van der Waals surface area contributed by atoms with E-state index in [4.69, 9.17) is 4.74 Å². The lowest BCUT2D eigenvalue weighted by atomic mass is 10.2. The number of hydrogen-bond acceptors (Lipinski definition) is 4. The van der Waals surface area contributed by atoms with Crippen LogP contribution in [0.2, 0.25) is 0 Å². The van der Waals surface area contributed by atoms with Gasteiger partial charge in [0.1, 0.15) is 5.76 Å². The zero-order chi connectivity index (χ0) is 11.7. The minimum absolute atomic E-state index is 0.295. The number of rotatable bonds is 2. The van der Waals surface area contributed by atoms with Crippen molar-refractivity contribution in [2.75, 3.05) is 0 Å². The largest absolute Gasteiger partial charge is 0.423 e. The van der Waals surface area contributed by atoms with Crippen LogP contribution < -0.4 is 0 Å². The van der Waals surface area contributed by atoms with Gasteiger partial charge in [-0.1, -0.05) is 12.1 Å². The van der Waals surface area contributed by atoms with Gasteiger partial charge in [-0.3, -0.25) is 0 Å². The van der Waals surface area contributed by atoms with Crippen molar-refractivity contribution in [3.05, 3.63) is 56.6 Å². The summed E-state index contributed by atoms with van der Waals surface area (Å²) in [6.45, 7) is 0. The molecule has 0 amide bonds. The lowest BCUT2D eigenvalue weighted by Gasteiger charge is -2.00. The zero-order valence-electron chi connectivity index (χ0n) is 8.75. The third-order valence-electron chi connectivity index (χ3n) is 2.34. The van der Waals surface area contributed by atoms with E-state index in [0.717, 1.165) is 15.3 Å². The van der Waals surface area contributed by atoms with Crippen molar-refractivity contribution in [1.82, 2.24) is 0 Å². The lowest BCUT2D eigenvalue weighted by molar-refractivity contribution is -0.132. The summed E-state index contributed by atoms with van der Waals surface area (Å²) in [5.41, 5.74) is 0.874. The fourth-order valence-corrected chi connectivity index (χ4v) is 3.01. The van der Waals surface area contributed by atoms with Gasteiger partial charge < -0.3 is 4.74 Å². The Kier molecular flexibility index (Phi) is 2.66. The molecule has 0 N–H and O–H groups in total. The minimum atomic E-state index is -0.295. The third kappa shape index (κ3) is 2.09. The van der Waals surface area contributed by atoms with Gasteiger partial charge in [0.25, 0.3) is 0 Å². The molecule has 1 aliphatic rings. The average Bonchev–Trinajstić information content (AvgIpc) is 3.00. The molecule has 2 aromatic heterocycles. The Bertz CT molecular complexity index is 589. The Hall–Kier alpha value is -1.65. The molecule has 0 radical (unpaired) electrons. The Morgan fingerprint density at radius 1 is 1.12 bits per heavy atom. The number of esters is 1. The fourth-order valence-electron chi connectivity index (χ4n) is 1.62. The SMILES string of the molecule is O=C1C=C(c2cccs2)C(=Cc2cccs2)O1. The molecule has 2 aromatic rings. The second-order valence-corrected chi connectivity index (χ2v) is 5.41. The smallest absolute Gasteiger partial charge is 0.336 e. The van der Waals surface area contributed by atoms with Gasteiger partial charge in [0.05, 0.1) is 0 Å². The standard InChI is InChI=1S/C13H8O2S2/c14-13-8-10(12-4-2-6-17-12)11(15-13)7-9-3-1-5-16-9/h1-8H. The van der Waals surface area contributed by atoms with Crippen LogP contribution in [0, 0.1) is 0 Å². The molecule has 1 aliphatic heterocycles. The maximum atomic E-state index is 11.4. The molecule has 0 fully saturated rings. The summed E-state index contributed by atoms with van der Waals surface area (Å²) >= 11 is 3.22. The van der Waals surface area contributed by atoms with Crippen molar-refractivity contribution < 1.29 is 9.53 Å². The maximum absolute atomic E-state index is 11.4. The number of ether oxygens (including phenoxy) is 1. The Balaban J connectivity index is 2.01. The molecular formula is C13H8O2S2. The number of allylic oxidation sites excluding steroid dienone is 1. The van der Waals surface area contributed by atoms with E-state index in [2.05, 4.69) is 0 Å². The highest BCUT2D eigenvalue weighted by molar-refractivity contribution is 7.11. The molecule has 0 aromatic carbocycles. The summed E-state index contributed by atoms with van der Waals surface area (Å²) in [5, 5.41) is 3.99. The van der Waals surface area contributed by atoms with Crippen LogP contribution in [-0.4, -0.2) is 5.97 Å². The Labute approximate surface area is 106 Å². The molecule has 0 bridgehead atoms. The summed E-state index contributed by atoms with van der Waals surface area (Å²) < 4.78 is 5.21. The van der Waals surface area contributed by atoms with Crippen LogP contribution in [0.5, 0.6) is 0 Å². The van der Waals surface area contributed by atoms with E-state index in [1.807, 2.05) is 41.1 Å². The first-order valence-corrected chi connectivity index (χ1v) is 6.82. The van der Waals surface area contributed by atoms with Gasteiger partial charge >= 0.3 is 5.97 Å². The van der Waals surface area contributed by atoms with Crippen LogP contribution in [0.3, 0.4) is 0 Å². The quantitative estimate of drug-likeness (QED) is 0.768. The van der Waals surface area contributed by atoms with Crippen molar-refractivity contribution >= 4 is 40.3 Å². The monoisotopic (exact) mass is 260 g/mol. The van der Waals surface area contributed by atoms with Crippen LogP contribution in [0.1, 0.15) is 9.75 Å². The highest BCUT2D eigenvalue weighted by Gasteiger charge is 2.22. The van der Waals surface area contributed by atoms with E-state index in [9.17, 15) is 4.79 Å². The summed E-state index contributed by atoms with van der Waals surface area (Å²) in [4.78, 5) is 13.5. The van der Waals surface area contributed by atoms with E-state index in [0.29, 0.717) is 5.76 Å². The van der Waals surface area contributed by atoms with Crippen LogP contribution in [0.15, 0.2) is 46.9 Å². The summed E-state index contributed by atoms with van der Waals surface area (Å²) in [5.74, 6) is 0.344. The topological polar surface area (TPSA) is 26.3 Å². The minimum Gasteiger partial charge on any atom is -0.423 e. The van der Waals surface area contributed by atoms with Crippen molar-refractivity contribution in [2.45, 2.75) is 0 Å². The lowest BCUT2D eigenvalue weighted by Crippen LogP contribution is -1.90. The predicted molar refractivity (Wildman–Crippen MR) is 70.7 cm³/mol. The average molecular weight is 260 g/mol. The number of carbonyl (C=O) groups is 1. The van der Waals surface area contributed by atoms with Crippen LogP contribution >= 0.6 is 22.7 Å². The molecule has 0 atom stereocenters. The second kappa shape index (κ2) is 4.31. The van der Waals surface area contributed by atoms with Gasteiger partial charge in [-0.25, -0.2) is 4.79 Å². The van der Waals surface area contributed by atoms with Crippen LogP contribution in [-0.2, 0) is 9.53 Å². The molecular weight excluding hydrogens is 252 g/mol. The van der Waals surface area contributed by atoms with Gasteiger partial charge in [0, 0.05) is 21.4 Å². The molecule has 0 spiro atoms. The van der Waals surface area contributed by atoms with E-state index < -0.39 is 0 Å². The molecule has 4 heteroatoms. The van der Waals surface area contributed by atoms with Gasteiger partial charge in [0.2, 0.25) is 0 Å². The fraction of sp³-hybridized carbons (Fsp3) is 0. The Morgan fingerprint density at radius 2 is 1.94 bits per heavy atom. The number of thiophene rings is 2. The van der Waals surface area contributed by atoms with E-state index >= 15 is 0 Å². The first kappa shape index (κ1) is 10.5. The molecule has 17 heavy (non-hydrogen) atoms. The summed E-state index contributed by atoms with van der Waals surface area (Å²) in [6, 6.07) is 7.92.